The van der Waals surface area contributed by atoms with Crippen molar-refractivity contribution in [2.45, 2.75) is 117 Å². The Kier molecular flexibility index (Phi) is 11.3. The summed E-state index contributed by atoms with van der Waals surface area (Å²) in [7, 11) is 0. The Bertz CT molecular complexity index is 874. The predicted molar refractivity (Wildman–Crippen MR) is 144 cm³/mol. The third-order valence-electron chi connectivity index (χ3n) is 6.89. The molecule has 3 unspecified atom stereocenters. The minimum Gasteiger partial charge on any atom is -0.444 e. The summed E-state index contributed by atoms with van der Waals surface area (Å²) < 4.78 is 5.46. The molecule has 36 heavy (non-hydrogen) atoms. The summed E-state index contributed by atoms with van der Waals surface area (Å²) in [5, 5.41) is 6.07. The maximum Gasteiger partial charge on any atom is 0.408 e. The molecule has 3 amide bonds. The Hall–Kier alpha value is -2.57. The van der Waals surface area contributed by atoms with Crippen LogP contribution in [-0.4, -0.2) is 47.0 Å². The Morgan fingerprint density at radius 1 is 1.08 bits per heavy atom. The van der Waals surface area contributed by atoms with Crippen molar-refractivity contribution in [3.8, 4) is 0 Å². The van der Waals surface area contributed by atoms with Crippen LogP contribution in [0.4, 0.5) is 4.79 Å². The number of aryl methyl sites for hydroxylation is 1. The van der Waals surface area contributed by atoms with E-state index in [0.717, 1.165) is 36.8 Å². The molecule has 1 saturated carbocycles. The molecule has 0 aliphatic heterocycles. The lowest BCUT2D eigenvalue weighted by atomic mass is 9.92. The van der Waals surface area contributed by atoms with E-state index in [-0.39, 0.29) is 23.8 Å². The van der Waals surface area contributed by atoms with Gasteiger partial charge in [0, 0.05) is 12.6 Å². The normalized spacial score (nSPS) is 17.0. The zero-order valence-corrected chi connectivity index (χ0v) is 23.4. The minimum absolute atomic E-state index is 0.126. The first-order valence-corrected chi connectivity index (χ1v) is 13.6. The van der Waals surface area contributed by atoms with Crippen LogP contribution in [0.3, 0.4) is 0 Å². The number of amides is 3. The molecule has 2 N–H and O–H groups in total. The predicted octanol–water partition coefficient (Wildman–Crippen LogP) is 5.66. The van der Waals surface area contributed by atoms with E-state index < -0.39 is 23.8 Å². The molecule has 1 aliphatic rings. The maximum atomic E-state index is 14.1. The highest BCUT2D eigenvalue weighted by atomic mass is 16.6. The van der Waals surface area contributed by atoms with Crippen molar-refractivity contribution in [3.05, 3.63) is 35.4 Å². The van der Waals surface area contributed by atoms with Gasteiger partial charge < -0.3 is 20.3 Å². The van der Waals surface area contributed by atoms with Crippen LogP contribution in [0.5, 0.6) is 0 Å². The van der Waals surface area contributed by atoms with Gasteiger partial charge >= 0.3 is 6.09 Å². The highest BCUT2D eigenvalue weighted by Crippen LogP contribution is 2.28. The molecule has 2 rings (SSSR count). The Morgan fingerprint density at radius 3 is 2.28 bits per heavy atom. The van der Waals surface area contributed by atoms with Crippen LogP contribution in [0, 0.1) is 12.8 Å². The first-order chi connectivity index (χ1) is 17.0. The summed E-state index contributed by atoms with van der Waals surface area (Å²) in [5.41, 5.74) is 1.09. The topological polar surface area (TPSA) is 87.7 Å². The summed E-state index contributed by atoms with van der Waals surface area (Å²) in [6, 6.07) is 6.29. The van der Waals surface area contributed by atoms with Crippen molar-refractivity contribution in [1.82, 2.24) is 15.5 Å². The van der Waals surface area contributed by atoms with Gasteiger partial charge in [-0.05, 0) is 64.0 Å². The summed E-state index contributed by atoms with van der Waals surface area (Å²) in [6.45, 7) is 13.7. The van der Waals surface area contributed by atoms with Gasteiger partial charge in [-0.2, -0.15) is 0 Å². The van der Waals surface area contributed by atoms with Gasteiger partial charge in [0.05, 0.1) is 0 Å². The second kappa shape index (κ2) is 13.7. The lowest BCUT2D eigenvalue weighted by molar-refractivity contribution is -0.143. The molecular weight excluding hydrogens is 454 g/mol. The van der Waals surface area contributed by atoms with Crippen molar-refractivity contribution in [2.75, 3.05) is 6.54 Å². The highest BCUT2D eigenvalue weighted by molar-refractivity contribution is 5.92. The summed E-state index contributed by atoms with van der Waals surface area (Å²) in [4.78, 5) is 42.3. The number of ether oxygens (including phenoxy) is 1. The summed E-state index contributed by atoms with van der Waals surface area (Å²) in [5.74, 6) is -0.550. The van der Waals surface area contributed by atoms with E-state index in [4.69, 9.17) is 4.74 Å². The second-order valence-electron chi connectivity index (χ2n) is 11.1. The molecule has 7 heteroatoms. The Morgan fingerprint density at radius 2 is 1.72 bits per heavy atom. The van der Waals surface area contributed by atoms with Gasteiger partial charge in [0.15, 0.2) is 0 Å². The van der Waals surface area contributed by atoms with Crippen LogP contribution in [-0.2, 0) is 14.3 Å². The molecule has 0 saturated heterocycles. The number of carbonyl (C=O) groups excluding carboxylic acids is 3. The number of nitrogens with zero attached hydrogens (tertiary/aromatic N) is 1. The number of nitrogens with one attached hydrogen (secondary N) is 2. The molecule has 0 aromatic heterocycles. The lowest BCUT2D eigenvalue weighted by Gasteiger charge is -2.37. The van der Waals surface area contributed by atoms with Crippen molar-refractivity contribution in [3.63, 3.8) is 0 Å². The highest BCUT2D eigenvalue weighted by Gasteiger charge is 2.38. The molecule has 1 aliphatic carbocycles. The number of benzene rings is 1. The van der Waals surface area contributed by atoms with Gasteiger partial charge in [0.25, 0.3) is 0 Å². The van der Waals surface area contributed by atoms with Crippen LogP contribution in [0.1, 0.15) is 104 Å². The van der Waals surface area contributed by atoms with Gasteiger partial charge in [-0.25, -0.2) is 4.79 Å². The van der Waals surface area contributed by atoms with Crippen LogP contribution in [0.25, 0.3) is 0 Å². The fourth-order valence-electron chi connectivity index (χ4n) is 4.77. The molecule has 1 fully saturated rings. The number of rotatable bonds is 10. The molecule has 0 radical (unpaired) electrons. The van der Waals surface area contributed by atoms with Crippen molar-refractivity contribution in [2.24, 2.45) is 5.92 Å². The van der Waals surface area contributed by atoms with E-state index in [2.05, 4.69) is 10.6 Å². The molecule has 1 aromatic rings. The Balaban J connectivity index is 2.44. The first kappa shape index (κ1) is 29.7. The fourth-order valence-corrected chi connectivity index (χ4v) is 4.77. The van der Waals surface area contributed by atoms with E-state index in [9.17, 15) is 14.4 Å². The molecule has 7 nitrogen and oxygen atoms in total. The van der Waals surface area contributed by atoms with Crippen molar-refractivity contribution < 1.29 is 19.1 Å². The molecule has 0 spiro atoms. The second-order valence-corrected chi connectivity index (χ2v) is 11.1. The van der Waals surface area contributed by atoms with Crippen LogP contribution in [0.2, 0.25) is 0 Å². The number of hydrogen-bond donors (Lipinski definition) is 2. The molecule has 0 heterocycles. The Labute approximate surface area is 217 Å². The fraction of sp³-hybridized carbons (Fsp3) is 0.690. The number of hydrogen-bond acceptors (Lipinski definition) is 4. The third-order valence-corrected chi connectivity index (χ3v) is 6.89. The number of alkyl carbamates (subject to hydrolysis) is 1. The van der Waals surface area contributed by atoms with Crippen molar-refractivity contribution in [1.29, 1.82) is 0 Å². The van der Waals surface area contributed by atoms with E-state index in [1.807, 2.05) is 52.0 Å². The quantitative estimate of drug-likeness (QED) is 0.433. The zero-order chi connectivity index (χ0) is 26.9. The third kappa shape index (κ3) is 8.52. The SMILES string of the molecule is CCCN(C(=O)C(NC(=O)OC(C)(C)C)C(C)CC)C(C(=O)NC1CCCCC1)c1ccccc1C. The average Bonchev–Trinajstić information content (AvgIpc) is 2.82. The molecular formula is C29H47N3O4. The standard InChI is InChI=1S/C29H47N3O4/c1-8-19-32(27(34)24(20(3)9-2)31-28(35)36-29(5,6)7)25(23-18-14-13-15-21(23)4)26(33)30-22-16-11-10-12-17-22/h13-15,18,20,22,24-25H,8-12,16-17,19H2,1-7H3,(H,30,33)(H,31,35). The van der Waals surface area contributed by atoms with Gasteiger partial charge in [-0.1, -0.05) is 70.7 Å². The van der Waals surface area contributed by atoms with Crippen molar-refractivity contribution >= 4 is 17.9 Å². The molecule has 3 atom stereocenters. The zero-order valence-electron chi connectivity index (χ0n) is 23.4. The molecule has 202 valence electrons. The minimum atomic E-state index is -0.801. The molecule has 0 bridgehead atoms. The smallest absolute Gasteiger partial charge is 0.408 e. The van der Waals surface area contributed by atoms with Crippen LogP contribution in [0.15, 0.2) is 24.3 Å². The van der Waals surface area contributed by atoms with Gasteiger partial charge in [0.2, 0.25) is 11.8 Å². The van der Waals surface area contributed by atoms with Gasteiger partial charge in [-0.15, -0.1) is 0 Å². The average molecular weight is 502 g/mol. The van der Waals surface area contributed by atoms with Gasteiger partial charge in [-0.3, -0.25) is 9.59 Å². The van der Waals surface area contributed by atoms with E-state index >= 15 is 0 Å². The molecule has 1 aromatic carbocycles. The van der Waals surface area contributed by atoms with Crippen LogP contribution < -0.4 is 10.6 Å². The monoisotopic (exact) mass is 501 g/mol. The number of carbonyl (C=O) groups is 3. The summed E-state index contributed by atoms with van der Waals surface area (Å²) in [6.07, 6.45) is 6.08. The summed E-state index contributed by atoms with van der Waals surface area (Å²) >= 11 is 0. The van der Waals surface area contributed by atoms with E-state index in [1.54, 1.807) is 25.7 Å². The van der Waals surface area contributed by atoms with E-state index in [0.29, 0.717) is 19.4 Å². The van der Waals surface area contributed by atoms with Crippen LogP contribution >= 0.6 is 0 Å². The lowest BCUT2D eigenvalue weighted by Crippen LogP contribution is -2.56. The largest absolute Gasteiger partial charge is 0.444 e. The van der Waals surface area contributed by atoms with Gasteiger partial charge in [0.1, 0.15) is 17.7 Å². The van der Waals surface area contributed by atoms with E-state index in [1.165, 1.54) is 6.42 Å². The maximum absolute atomic E-state index is 14.1. The first-order valence-electron chi connectivity index (χ1n) is 13.6.